The second-order valence-corrected chi connectivity index (χ2v) is 6.49. The molecule has 2 aromatic rings. The third-order valence-corrected chi connectivity index (χ3v) is 4.95. The molecule has 0 N–H and O–H groups in total. The maximum Gasteiger partial charge on any atom is 0.124 e. The van der Waals surface area contributed by atoms with Gasteiger partial charge in [0.2, 0.25) is 0 Å². The van der Waals surface area contributed by atoms with Crippen molar-refractivity contribution in [1.82, 2.24) is 0 Å². The average molecular weight is 402 g/mol. The molecular weight excluding hydrogens is 387 g/mol. The van der Waals surface area contributed by atoms with Crippen LogP contribution >= 0.6 is 31.9 Å². The molecule has 2 rings (SSSR count). The number of alkyl halides is 1. The van der Waals surface area contributed by atoms with Gasteiger partial charge in [-0.1, -0.05) is 44.0 Å². The minimum atomic E-state index is -0.241. The molecule has 0 saturated heterocycles. The summed E-state index contributed by atoms with van der Waals surface area (Å²) in [7, 11) is 1.67. The topological polar surface area (TPSA) is 9.23 Å². The minimum Gasteiger partial charge on any atom is -0.496 e. The number of benzene rings is 2. The van der Waals surface area contributed by atoms with E-state index in [9.17, 15) is 4.39 Å². The van der Waals surface area contributed by atoms with E-state index in [-0.39, 0.29) is 10.6 Å². The summed E-state index contributed by atoms with van der Waals surface area (Å²) < 4.78 is 19.7. The van der Waals surface area contributed by atoms with Crippen molar-refractivity contribution in [3.8, 4) is 5.75 Å². The largest absolute Gasteiger partial charge is 0.496 e. The fraction of sp³-hybridized carbons (Fsp3) is 0.250. The summed E-state index contributed by atoms with van der Waals surface area (Å²) in [6.07, 6.45) is 0. The summed E-state index contributed by atoms with van der Waals surface area (Å²) in [6.45, 7) is 4.02. The Labute approximate surface area is 135 Å². The zero-order chi connectivity index (χ0) is 14.9. The van der Waals surface area contributed by atoms with Gasteiger partial charge in [-0.15, -0.1) is 0 Å². The molecule has 0 spiro atoms. The molecule has 1 unspecified atom stereocenters. The molecule has 1 nitrogen and oxygen atoms in total. The number of hydrogen-bond donors (Lipinski definition) is 0. The molecule has 1 atom stereocenters. The first-order valence-corrected chi connectivity index (χ1v) is 7.89. The summed E-state index contributed by atoms with van der Waals surface area (Å²) in [5.41, 5.74) is 4.08. The first kappa shape index (κ1) is 15.5. The van der Waals surface area contributed by atoms with Crippen LogP contribution in [0, 0.1) is 19.7 Å². The molecule has 0 aliphatic heterocycles. The molecule has 2 aromatic carbocycles. The number of rotatable bonds is 3. The molecule has 0 aromatic heterocycles. The molecule has 0 aliphatic carbocycles. The number of methoxy groups -OCH3 is 1. The van der Waals surface area contributed by atoms with Gasteiger partial charge in [-0.05, 0) is 54.3 Å². The molecule has 4 heteroatoms. The maximum absolute atomic E-state index is 13.4. The van der Waals surface area contributed by atoms with E-state index in [1.54, 1.807) is 19.2 Å². The van der Waals surface area contributed by atoms with Crippen molar-refractivity contribution in [2.24, 2.45) is 0 Å². The van der Waals surface area contributed by atoms with Gasteiger partial charge in [0.05, 0.1) is 11.9 Å². The molecule has 20 heavy (non-hydrogen) atoms. The number of ether oxygens (including phenoxy) is 1. The van der Waals surface area contributed by atoms with Crippen LogP contribution in [0.3, 0.4) is 0 Å². The first-order chi connectivity index (χ1) is 9.43. The lowest BCUT2D eigenvalue weighted by molar-refractivity contribution is 0.408. The van der Waals surface area contributed by atoms with Gasteiger partial charge < -0.3 is 4.74 Å². The van der Waals surface area contributed by atoms with Gasteiger partial charge in [-0.2, -0.15) is 0 Å². The Bertz CT molecular complexity index is 617. The zero-order valence-corrected chi connectivity index (χ0v) is 14.7. The standard InChI is InChI=1S/C16H15Br2FO/c1-9-6-11(7-10(2)16(9)20-3)15(18)13-8-12(19)4-5-14(13)17/h4-8,15H,1-3H3. The highest BCUT2D eigenvalue weighted by Crippen LogP contribution is 2.38. The summed E-state index contributed by atoms with van der Waals surface area (Å²) in [4.78, 5) is -0.0733. The van der Waals surface area contributed by atoms with Gasteiger partial charge in [-0.25, -0.2) is 4.39 Å². The quantitative estimate of drug-likeness (QED) is 0.599. The molecule has 0 bridgehead atoms. The molecule has 0 fully saturated rings. The van der Waals surface area contributed by atoms with E-state index in [1.807, 2.05) is 13.8 Å². The second kappa shape index (κ2) is 6.27. The first-order valence-electron chi connectivity index (χ1n) is 6.18. The van der Waals surface area contributed by atoms with Gasteiger partial charge in [0.25, 0.3) is 0 Å². The fourth-order valence-electron chi connectivity index (χ4n) is 2.34. The van der Waals surface area contributed by atoms with E-state index in [1.165, 1.54) is 6.07 Å². The van der Waals surface area contributed by atoms with Crippen molar-refractivity contribution in [3.63, 3.8) is 0 Å². The number of halogens is 3. The van der Waals surface area contributed by atoms with Crippen LogP contribution < -0.4 is 4.74 Å². The predicted molar refractivity (Wildman–Crippen MR) is 87.3 cm³/mol. The van der Waals surface area contributed by atoms with Crippen LogP contribution in [-0.2, 0) is 0 Å². The molecule has 0 saturated carbocycles. The zero-order valence-electron chi connectivity index (χ0n) is 11.5. The number of aryl methyl sites for hydroxylation is 2. The second-order valence-electron chi connectivity index (χ2n) is 4.72. The number of hydrogen-bond acceptors (Lipinski definition) is 1. The third-order valence-electron chi connectivity index (χ3n) is 3.21. The summed E-state index contributed by atoms with van der Waals surface area (Å²) >= 11 is 7.13. The Balaban J connectivity index is 2.48. The van der Waals surface area contributed by atoms with Crippen molar-refractivity contribution < 1.29 is 9.13 Å². The van der Waals surface area contributed by atoms with Gasteiger partial charge >= 0.3 is 0 Å². The molecule has 106 valence electrons. The average Bonchev–Trinajstić information content (AvgIpc) is 2.40. The Morgan fingerprint density at radius 3 is 2.25 bits per heavy atom. The molecular formula is C16H15Br2FO. The SMILES string of the molecule is COc1c(C)cc(C(Br)c2cc(F)ccc2Br)cc1C. The van der Waals surface area contributed by atoms with Crippen molar-refractivity contribution >= 4 is 31.9 Å². The van der Waals surface area contributed by atoms with E-state index in [2.05, 4.69) is 44.0 Å². The van der Waals surface area contributed by atoms with Gasteiger partial charge in [0, 0.05) is 4.47 Å². The Morgan fingerprint density at radius 2 is 1.70 bits per heavy atom. The molecule has 0 heterocycles. The van der Waals surface area contributed by atoms with Gasteiger partial charge in [0.15, 0.2) is 0 Å². The van der Waals surface area contributed by atoms with E-state index < -0.39 is 0 Å². The van der Waals surface area contributed by atoms with E-state index >= 15 is 0 Å². The monoisotopic (exact) mass is 400 g/mol. The Hall–Kier alpha value is -0.870. The van der Waals surface area contributed by atoms with E-state index in [4.69, 9.17) is 4.74 Å². The summed E-state index contributed by atoms with van der Waals surface area (Å²) in [6, 6.07) is 8.82. The highest BCUT2D eigenvalue weighted by molar-refractivity contribution is 9.11. The maximum atomic E-state index is 13.4. The van der Waals surface area contributed by atoms with E-state index in [0.717, 1.165) is 32.5 Å². The van der Waals surface area contributed by atoms with Crippen LogP contribution in [-0.4, -0.2) is 7.11 Å². The van der Waals surface area contributed by atoms with Crippen LogP contribution in [0.15, 0.2) is 34.8 Å². The highest BCUT2D eigenvalue weighted by atomic mass is 79.9. The van der Waals surface area contributed by atoms with Crippen molar-refractivity contribution in [3.05, 3.63) is 62.9 Å². The highest BCUT2D eigenvalue weighted by Gasteiger charge is 2.17. The van der Waals surface area contributed by atoms with Crippen molar-refractivity contribution in [2.75, 3.05) is 7.11 Å². The van der Waals surface area contributed by atoms with Crippen LogP contribution in [0.1, 0.15) is 27.1 Å². The van der Waals surface area contributed by atoms with E-state index in [0.29, 0.717) is 0 Å². The van der Waals surface area contributed by atoms with Crippen LogP contribution in [0.4, 0.5) is 4.39 Å². The summed E-state index contributed by atoms with van der Waals surface area (Å²) in [5, 5.41) is 0. The molecule has 0 aliphatic rings. The smallest absolute Gasteiger partial charge is 0.124 e. The predicted octanol–water partition coefficient (Wildman–Crippen LogP) is 5.70. The Morgan fingerprint density at radius 1 is 1.10 bits per heavy atom. The van der Waals surface area contributed by atoms with Crippen LogP contribution in [0.25, 0.3) is 0 Å². The lowest BCUT2D eigenvalue weighted by Crippen LogP contribution is -1.99. The molecule has 0 radical (unpaired) electrons. The minimum absolute atomic E-state index is 0.0733. The van der Waals surface area contributed by atoms with Gasteiger partial charge in [-0.3, -0.25) is 0 Å². The van der Waals surface area contributed by atoms with Crippen molar-refractivity contribution in [1.29, 1.82) is 0 Å². The van der Waals surface area contributed by atoms with Crippen LogP contribution in [0.2, 0.25) is 0 Å². The third kappa shape index (κ3) is 3.07. The lowest BCUT2D eigenvalue weighted by atomic mass is 9.99. The lowest BCUT2D eigenvalue weighted by Gasteiger charge is -2.17. The van der Waals surface area contributed by atoms with Crippen LogP contribution in [0.5, 0.6) is 5.75 Å². The Kier molecular flexibility index (Phi) is 4.86. The fourth-order valence-corrected chi connectivity index (χ4v) is 3.77. The van der Waals surface area contributed by atoms with Crippen molar-refractivity contribution in [2.45, 2.75) is 18.7 Å². The normalized spacial score (nSPS) is 12.3. The summed E-state index contributed by atoms with van der Waals surface area (Å²) in [5.74, 6) is 0.654. The van der Waals surface area contributed by atoms with Gasteiger partial charge in [0.1, 0.15) is 11.6 Å². The molecule has 0 amide bonds.